The number of hydrogen-bond acceptors (Lipinski definition) is 9. The first-order valence-corrected chi connectivity index (χ1v) is 31.9. The van der Waals surface area contributed by atoms with Crippen LogP contribution in [0.2, 0.25) is 77.1 Å². The summed E-state index contributed by atoms with van der Waals surface area (Å²) in [5.74, 6) is 0.577. The summed E-state index contributed by atoms with van der Waals surface area (Å²) in [4.78, 5) is 16.4. The van der Waals surface area contributed by atoms with Crippen molar-refractivity contribution in [3.8, 4) is 28.4 Å². The van der Waals surface area contributed by atoms with Crippen molar-refractivity contribution in [2.24, 2.45) is 0 Å². The van der Waals surface area contributed by atoms with Crippen LogP contribution in [0.5, 0.6) is 5.75 Å². The number of hydrogen-bond donors (Lipinski definition) is 0. The highest BCUT2D eigenvalue weighted by atomic mass is 28.3. The van der Waals surface area contributed by atoms with E-state index in [0.29, 0.717) is 59.3 Å². The topological polar surface area (TPSA) is 102 Å². The monoisotopic (exact) mass is 845 g/mol. The van der Waals surface area contributed by atoms with Crippen LogP contribution in [-0.2, 0) is 53.7 Å². The molecule has 0 N–H and O–H groups in total. The summed E-state index contributed by atoms with van der Waals surface area (Å²) in [6.45, 7) is 27.9. The van der Waals surface area contributed by atoms with Gasteiger partial charge >= 0.3 is 0 Å². The average Bonchev–Trinajstić information content (AvgIpc) is 3.81. The van der Waals surface area contributed by atoms with E-state index >= 15 is 4.39 Å². The minimum Gasteiger partial charge on any atom is -0.464 e. The molecule has 0 bridgehead atoms. The fourth-order valence-corrected chi connectivity index (χ4v) is 9.14. The van der Waals surface area contributed by atoms with Crippen molar-refractivity contribution in [3.63, 3.8) is 0 Å². The van der Waals surface area contributed by atoms with Crippen molar-refractivity contribution in [1.82, 2.24) is 34.2 Å². The van der Waals surface area contributed by atoms with Crippen LogP contribution in [0.4, 0.5) is 4.39 Å². The van der Waals surface area contributed by atoms with Gasteiger partial charge in [0.25, 0.3) is 0 Å². The van der Waals surface area contributed by atoms with E-state index in [2.05, 4.69) is 103 Å². The molecule has 4 heterocycles. The van der Waals surface area contributed by atoms with Gasteiger partial charge in [-0.25, -0.2) is 14.1 Å². The maximum absolute atomic E-state index is 15.7. The van der Waals surface area contributed by atoms with E-state index in [-0.39, 0.29) is 12.5 Å². The van der Waals surface area contributed by atoms with Gasteiger partial charge in [0.05, 0.1) is 22.6 Å². The minimum absolute atomic E-state index is 0.0256. The Morgan fingerprint density at radius 2 is 1.48 bits per heavy atom. The van der Waals surface area contributed by atoms with Crippen LogP contribution < -0.4 is 4.74 Å². The number of nitrogens with zero attached hydrogens (tertiary/aromatic N) is 7. The van der Waals surface area contributed by atoms with Gasteiger partial charge in [-0.2, -0.15) is 5.10 Å². The summed E-state index contributed by atoms with van der Waals surface area (Å²) in [5, 5.41) is 6.18. The normalized spacial score (nSPS) is 13.8. The second-order valence-corrected chi connectivity index (χ2v) is 36.0. The lowest BCUT2D eigenvalue weighted by Crippen LogP contribution is -2.22. The zero-order valence-corrected chi connectivity index (χ0v) is 39.5. The molecule has 11 nitrogen and oxygen atoms in total. The van der Waals surface area contributed by atoms with Gasteiger partial charge in [0.1, 0.15) is 19.2 Å². The maximum atomic E-state index is 15.7. The first kappa shape index (κ1) is 44.0. The molecule has 0 saturated heterocycles. The highest BCUT2D eigenvalue weighted by molar-refractivity contribution is 6.76. The van der Waals surface area contributed by atoms with Crippen LogP contribution in [0.15, 0.2) is 48.9 Å². The van der Waals surface area contributed by atoms with E-state index in [0.717, 1.165) is 74.3 Å². The molecule has 314 valence electrons. The molecule has 6 rings (SSSR count). The van der Waals surface area contributed by atoms with E-state index in [1.54, 1.807) is 18.5 Å². The molecule has 3 aromatic heterocycles. The molecule has 1 aliphatic rings. The lowest BCUT2D eigenvalue weighted by molar-refractivity contribution is 0.0197. The smallest absolute Gasteiger partial charge is 0.189 e. The van der Waals surface area contributed by atoms with Gasteiger partial charge in [0.15, 0.2) is 24.2 Å². The van der Waals surface area contributed by atoms with Gasteiger partial charge in [-0.1, -0.05) is 71.9 Å². The molecule has 5 aromatic rings. The summed E-state index contributed by atoms with van der Waals surface area (Å²) in [6.07, 6.45) is 5.96. The third-order valence-corrected chi connectivity index (χ3v) is 15.6. The average molecular weight is 846 g/mol. The highest BCUT2D eigenvalue weighted by Crippen LogP contribution is 2.37. The Morgan fingerprint density at radius 3 is 2.14 bits per heavy atom. The highest BCUT2D eigenvalue weighted by Gasteiger charge is 2.30. The molecule has 1 aliphatic heterocycles. The Balaban J connectivity index is 1.34. The van der Waals surface area contributed by atoms with Gasteiger partial charge in [-0.3, -0.25) is 14.9 Å². The van der Waals surface area contributed by atoms with Gasteiger partial charge in [-0.15, -0.1) is 0 Å². The number of ether oxygens (including phenoxy) is 4. The third-order valence-electron chi connectivity index (χ3n) is 10.4. The van der Waals surface area contributed by atoms with Crippen LogP contribution >= 0.6 is 0 Å². The number of fused-ring (bicyclic) bond motifs is 2. The standard InChI is InChI=1S/C43H64FN7O4Si3/c1-11-32-23-41(55-31-54-18-21-58(8,9)10)37(44)24-36(32)33-12-13-35-39(22-33)51(30-53-17-20-57(5,6)7)48-42(35)43-47-38-27-49(26-34-25-45-14-15-46-34)28-40(38)50(43)29-52-16-19-56(2,3)4/h12-15,22-25H,11,16-21,26-31H2,1-10H3. The van der Waals surface area contributed by atoms with Crippen molar-refractivity contribution in [2.45, 2.75) is 123 Å². The van der Waals surface area contributed by atoms with Crippen LogP contribution in [0, 0.1) is 5.82 Å². The molecule has 15 heteroatoms. The molecule has 0 atom stereocenters. The minimum atomic E-state index is -1.30. The molecule has 0 saturated carbocycles. The van der Waals surface area contributed by atoms with E-state index in [1.165, 1.54) is 0 Å². The zero-order valence-electron chi connectivity index (χ0n) is 36.5. The zero-order chi connectivity index (χ0) is 41.7. The van der Waals surface area contributed by atoms with Gasteiger partial charge in [0.2, 0.25) is 0 Å². The quantitative estimate of drug-likeness (QED) is 0.0406. The predicted molar refractivity (Wildman–Crippen MR) is 239 cm³/mol. The molecule has 0 unspecified atom stereocenters. The largest absolute Gasteiger partial charge is 0.464 e. The maximum Gasteiger partial charge on any atom is 0.189 e. The first-order chi connectivity index (χ1) is 27.5. The molecule has 0 radical (unpaired) electrons. The van der Waals surface area contributed by atoms with Crippen LogP contribution in [0.3, 0.4) is 0 Å². The second kappa shape index (κ2) is 18.8. The molecule has 0 fully saturated rings. The molecular formula is C43H64FN7O4Si3. The number of rotatable bonds is 21. The molecule has 0 aliphatic carbocycles. The molecular weight excluding hydrogens is 782 g/mol. The van der Waals surface area contributed by atoms with Crippen LogP contribution in [-0.4, -0.2) is 85.0 Å². The second-order valence-electron chi connectivity index (χ2n) is 19.1. The molecule has 0 amide bonds. The lowest BCUT2D eigenvalue weighted by Gasteiger charge is -2.18. The summed E-state index contributed by atoms with van der Waals surface area (Å²) in [5.41, 5.74) is 7.46. The van der Waals surface area contributed by atoms with Crippen molar-refractivity contribution < 1.29 is 23.3 Å². The van der Waals surface area contributed by atoms with Crippen molar-refractivity contribution in [3.05, 3.63) is 77.4 Å². The van der Waals surface area contributed by atoms with Crippen LogP contribution in [0.1, 0.15) is 29.6 Å². The van der Waals surface area contributed by atoms with Crippen molar-refractivity contribution in [2.75, 3.05) is 26.6 Å². The lowest BCUT2D eigenvalue weighted by atomic mass is 9.96. The fourth-order valence-electron chi connectivity index (χ4n) is 6.87. The van der Waals surface area contributed by atoms with Gasteiger partial charge < -0.3 is 23.5 Å². The fraction of sp³-hybridized carbons (Fsp3) is 0.535. The number of benzene rings is 2. The summed E-state index contributed by atoms with van der Waals surface area (Å²) in [7, 11) is -3.82. The third kappa shape index (κ3) is 11.8. The Kier molecular flexibility index (Phi) is 14.2. The molecule has 58 heavy (non-hydrogen) atoms. The molecule has 0 spiro atoms. The molecule has 2 aromatic carbocycles. The number of halogens is 1. The number of imidazole rings is 1. The number of aromatic nitrogens is 6. The number of aryl methyl sites for hydroxylation is 1. The SMILES string of the molecule is CCc1cc(OCOCC[Si](C)(C)C)c(F)cc1-c1ccc2c(-c3nc4c(n3COCC[Si](C)(C)C)CN(Cc3cnccn3)C4)nn(COCC[Si](C)(C)C)c2c1. The predicted octanol–water partition coefficient (Wildman–Crippen LogP) is 9.89. The van der Waals surface area contributed by atoms with Gasteiger partial charge in [-0.05, 0) is 65.5 Å². The van der Waals surface area contributed by atoms with Gasteiger partial charge in [0, 0.05) is 87.7 Å². The first-order valence-electron chi connectivity index (χ1n) is 20.7. The Bertz CT molecular complexity index is 2140. The van der Waals surface area contributed by atoms with Crippen molar-refractivity contribution >= 4 is 35.1 Å². The van der Waals surface area contributed by atoms with Crippen LogP contribution in [0.25, 0.3) is 33.5 Å². The van der Waals surface area contributed by atoms with Crippen molar-refractivity contribution in [1.29, 1.82) is 0 Å². The van der Waals surface area contributed by atoms with E-state index in [9.17, 15) is 0 Å². The van der Waals surface area contributed by atoms with E-state index < -0.39 is 30.0 Å². The Hall–Kier alpha value is -3.58. The van der Waals surface area contributed by atoms with E-state index in [1.807, 2.05) is 16.9 Å². The summed E-state index contributed by atoms with van der Waals surface area (Å²) < 4.78 is 44.1. The Labute approximate surface area is 347 Å². The van der Waals surface area contributed by atoms with E-state index in [4.69, 9.17) is 29.0 Å². The summed E-state index contributed by atoms with van der Waals surface area (Å²) in [6, 6.07) is 12.8. The summed E-state index contributed by atoms with van der Waals surface area (Å²) >= 11 is 0. The Morgan fingerprint density at radius 1 is 0.793 bits per heavy atom.